The summed E-state index contributed by atoms with van der Waals surface area (Å²) in [5.41, 5.74) is 7.00. The van der Waals surface area contributed by atoms with E-state index >= 15 is 0 Å². The minimum absolute atomic E-state index is 0.140. The van der Waals surface area contributed by atoms with Gasteiger partial charge in [-0.25, -0.2) is 0 Å². The fraction of sp³-hybridized carbons (Fsp3) is 0.385. The molecule has 104 valence electrons. The van der Waals surface area contributed by atoms with Crippen LogP contribution in [0.2, 0.25) is 0 Å². The van der Waals surface area contributed by atoms with Gasteiger partial charge in [-0.15, -0.1) is 0 Å². The lowest BCUT2D eigenvalue weighted by atomic mass is 10.2. The van der Waals surface area contributed by atoms with E-state index in [-0.39, 0.29) is 11.8 Å². The number of hydrogen-bond acceptors (Lipinski definition) is 4. The molecule has 0 aliphatic heterocycles. The third-order valence-corrected chi connectivity index (χ3v) is 2.44. The van der Waals surface area contributed by atoms with Crippen LogP contribution in [0.4, 0.5) is 11.4 Å². The molecular formula is C13H19N3O3. The van der Waals surface area contributed by atoms with Gasteiger partial charge in [-0.1, -0.05) is 0 Å². The van der Waals surface area contributed by atoms with Crippen LogP contribution in [0.1, 0.15) is 13.3 Å². The zero-order valence-corrected chi connectivity index (χ0v) is 11.1. The molecule has 1 aromatic rings. The number of rotatable bonds is 6. The highest BCUT2D eigenvalue weighted by atomic mass is 16.5. The molecule has 0 aliphatic carbocycles. The van der Waals surface area contributed by atoms with Gasteiger partial charge < -0.3 is 21.1 Å². The predicted octanol–water partition coefficient (Wildman–Crippen LogP) is 0.947. The molecule has 0 radical (unpaired) electrons. The molecule has 0 aliphatic rings. The van der Waals surface area contributed by atoms with Gasteiger partial charge in [0.25, 0.3) is 0 Å². The van der Waals surface area contributed by atoms with E-state index in [9.17, 15) is 9.59 Å². The second-order valence-electron chi connectivity index (χ2n) is 4.14. The van der Waals surface area contributed by atoms with Crippen molar-refractivity contribution in [3.8, 4) is 0 Å². The summed E-state index contributed by atoms with van der Waals surface area (Å²) >= 11 is 0. The van der Waals surface area contributed by atoms with Crippen molar-refractivity contribution >= 4 is 23.2 Å². The van der Waals surface area contributed by atoms with Crippen molar-refractivity contribution in [2.75, 3.05) is 24.4 Å². The van der Waals surface area contributed by atoms with Crippen LogP contribution in [-0.2, 0) is 14.3 Å². The number of nitrogens with one attached hydrogen (secondary N) is 2. The number of carbonyl (C=O) groups excluding carboxylic acids is 2. The Morgan fingerprint density at radius 3 is 2.21 bits per heavy atom. The number of benzene rings is 1. The van der Waals surface area contributed by atoms with Crippen molar-refractivity contribution in [3.63, 3.8) is 0 Å². The lowest BCUT2D eigenvalue weighted by molar-refractivity contribution is -0.117. The van der Waals surface area contributed by atoms with E-state index in [0.717, 1.165) is 0 Å². The Morgan fingerprint density at radius 2 is 1.74 bits per heavy atom. The molecule has 1 aromatic carbocycles. The van der Waals surface area contributed by atoms with Crippen molar-refractivity contribution in [1.82, 2.24) is 0 Å². The molecule has 0 bridgehead atoms. The van der Waals surface area contributed by atoms with Gasteiger partial charge in [-0.05, 0) is 30.7 Å². The summed E-state index contributed by atoms with van der Waals surface area (Å²) in [6.07, 6.45) is 0.465. The fourth-order valence-electron chi connectivity index (χ4n) is 1.45. The van der Waals surface area contributed by atoms with Crippen LogP contribution in [0.3, 0.4) is 0 Å². The monoisotopic (exact) mass is 265 g/mol. The average molecular weight is 265 g/mol. The summed E-state index contributed by atoms with van der Waals surface area (Å²) in [6, 6.07) is 6.21. The van der Waals surface area contributed by atoms with E-state index in [1.807, 2.05) is 0 Å². The van der Waals surface area contributed by atoms with Crippen molar-refractivity contribution in [2.45, 2.75) is 19.4 Å². The Labute approximate surface area is 112 Å². The third-order valence-electron chi connectivity index (χ3n) is 2.44. The first-order valence-electron chi connectivity index (χ1n) is 5.96. The second kappa shape index (κ2) is 7.50. The van der Waals surface area contributed by atoms with E-state index in [0.29, 0.717) is 24.4 Å². The van der Waals surface area contributed by atoms with Crippen LogP contribution >= 0.6 is 0 Å². The third kappa shape index (κ3) is 5.50. The van der Waals surface area contributed by atoms with Crippen LogP contribution in [0.5, 0.6) is 0 Å². The minimum Gasteiger partial charge on any atom is -0.385 e. The van der Waals surface area contributed by atoms with Gasteiger partial charge in [0, 0.05) is 32.0 Å². The molecule has 6 heteroatoms. The number of carbonyl (C=O) groups is 2. The SMILES string of the molecule is COCCC(N)C(=O)Nc1ccc(NC(C)=O)cc1. The first kappa shape index (κ1) is 15.1. The summed E-state index contributed by atoms with van der Waals surface area (Å²) in [5, 5.41) is 5.34. The topological polar surface area (TPSA) is 93.4 Å². The lowest BCUT2D eigenvalue weighted by Crippen LogP contribution is -2.36. The zero-order chi connectivity index (χ0) is 14.3. The molecule has 4 N–H and O–H groups in total. The molecular weight excluding hydrogens is 246 g/mol. The van der Waals surface area contributed by atoms with Crippen LogP contribution in [0.15, 0.2) is 24.3 Å². The molecule has 19 heavy (non-hydrogen) atoms. The highest BCUT2D eigenvalue weighted by Crippen LogP contribution is 2.13. The highest BCUT2D eigenvalue weighted by Gasteiger charge is 2.12. The Hall–Kier alpha value is -1.92. The van der Waals surface area contributed by atoms with E-state index in [1.54, 1.807) is 31.4 Å². The van der Waals surface area contributed by atoms with E-state index in [1.165, 1.54) is 6.92 Å². The van der Waals surface area contributed by atoms with Gasteiger partial charge in [-0.2, -0.15) is 0 Å². The first-order valence-corrected chi connectivity index (χ1v) is 5.96. The maximum Gasteiger partial charge on any atom is 0.241 e. The average Bonchev–Trinajstić information content (AvgIpc) is 2.37. The Morgan fingerprint density at radius 1 is 1.21 bits per heavy atom. The van der Waals surface area contributed by atoms with Crippen LogP contribution < -0.4 is 16.4 Å². The van der Waals surface area contributed by atoms with E-state index < -0.39 is 6.04 Å². The summed E-state index contributed by atoms with van der Waals surface area (Å²) in [4.78, 5) is 22.6. The van der Waals surface area contributed by atoms with E-state index in [4.69, 9.17) is 10.5 Å². The first-order chi connectivity index (χ1) is 9.02. The number of ether oxygens (including phenoxy) is 1. The number of nitrogens with two attached hydrogens (primary N) is 1. The molecule has 0 fully saturated rings. The minimum atomic E-state index is -0.602. The molecule has 0 saturated heterocycles. The Kier molecular flexibility index (Phi) is 5.98. The molecule has 1 unspecified atom stereocenters. The molecule has 0 heterocycles. The van der Waals surface area contributed by atoms with Gasteiger partial charge in [0.1, 0.15) is 0 Å². The van der Waals surface area contributed by atoms with Crippen LogP contribution in [0.25, 0.3) is 0 Å². The van der Waals surface area contributed by atoms with Crippen LogP contribution in [-0.4, -0.2) is 31.6 Å². The van der Waals surface area contributed by atoms with Gasteiger partial charge in [-0.3, -0.25) is 9.59 Å². The highest BCUT2D eigenvalue weighted by molar-refractivity contribution is 5.95. The molecule has 1 rings (SSSR count). The quantitative estimate of drug-likeness (QED) is 0.713. The molecule has 2 amide bonds. The summed E-state index contributed by atoms with van der Waals surface area (Å²) in [5.74, 6) is -0.400. The predicted molar refractivity (Wildman–Crippen MR) is 73.8 cm³/mol. The molecule has 0 saturated carbocycles. The zero-order valence-electron chi connectivity index (χ0n) is 11.1. The van der Waals surface area contributed by atoms with Gasteiger partial charge >= 0.3 is 0 Å². The molecule has 0 aromatic heterocycles. The molecule has 1 atom stereocenters. The van der Waals surface area contributed by atoms with Gasteiger partial charge in [0.15, 0.2) is 0 Å². The van der Waals surface area contributed by atoms with Crippen molar-refractivity contribution < 1.29 is 14.3 Å². The Bertz CT molecular complexity index is 431. The van der Waals surface area contributed by atoms with Crippen molar-refractivity contribution in [1.29, 1.82) is 0 Å². The maximum atomic E-state index is 11.7. The van der Waals surface area contributed by atoms with Crippen LogP contribution in [0, 0.1) is 0 Å². The number of anilines is 2. The fourth-order valence-corrected chi connectivity index (χ4v) is 1.45. The van der Waals surface area contributed by atoms with Gasteiger partial charge in [0.2, 0.25) is 11.8 Å². The standard InChI is InChI=1S/C13H19N3O3/c1-9(17)15-10-3-5-11(6-4-10)16-13(18)12(14)7-8-19-2/h3-6,12H,7-8,14H2,1-2H3,(H,15,17)(H,16,18). The van der Waals surface area contributed by atoms with E-state index in [2.05, 4.69) is 10.6 Å². The number of methoxy groups -OCH3 is 1. The van der Waals surface area contributed by atoms with Crippen molar-refractivity contribution in [3.05, 3.63) is 24.3 Å². The summed E-state index contributed by atoms with van der Waals surface area (Å²) in [6.45, 7) is 1.88. The number of hydrogen-bond donors (Lipinski definition) is 3. The normalized spacial score (nSPS) is 11.7. The Balaban J connectivity index is 2.52. The largest absolute Gasteiger partial charge is 0.385 e. The lowest BCUT2D eigenvalue weighted by Gasteiger charge is -2.12. The smallest absolute Gasteiger partial charge is 0.241 e. The maximum absolute atomic E-state index is 11.7. The summed E-state index contributed by atoms with van der Waals surface area (Å²) in [7, 11) is 1.56. The van der Waals surface area contributed by atoms with Crippen molar-refractivity contribution in [2.24, 2.45) is 5.73 Å². The van der Waals surface area contributed by atoms with Gasteiger partial charge in [0.05, 0.1) is 6.04 Å². The number of amides is 2. The summed E-state index contributed by atoms with van der Waals surface area (Å²) < 4.78 is 4.87. The molecule has 6 nitrogen and oxygen atoms in total. The molecule has 0 spiro atoms. The second-order valence-corrected chi connectivity index (χ2v) is 4.14.